The minimum atomic E-state index is -0.213. The summed E-state index contributed by atoms with van der Waals surface area (Å²) in [4.78, 5) is 8.87. The Balaban J connectivity index is 1.90. The van der Waals surface area contributed by atoms with Crippen molar-refractivity contribution in [1.29, 1.82) is 0 Å². The maximum absolute atomic E-state index is 6.19. The van der Waals surface area contributed by atoms with Gasteiger partial charge in [-0.05, 0) is 18.2 Å². The largest absolute Gasteiger partial charge is 0.271 e. The van der Waals surface area contributed by atoms with E-state index in [0.29, 0.717) is 22.2 Å². The summed E-state index contributed by atoms with van der Waals surface area (Å²) in [6, 6.07) is 9.47. The maximum atomic E-state index is 6.19. The number of halogens is 2. The standard InChI is InChI=1S/C14H12Cl2N4S/c15-8-5-9(16)14(18-7-8)11(20-17)6-13-19-10-3-1-2-4-12(10)21-13/h1-5,7,11,20H,6,17H2. The zero-order valence-corrected chi connectivity index (χ0v) is 13.2. The van der Waals surface area contributed by atoms with Gasteiger partial charge in [-0.25, -0.2) is 4.98 Å². The van der Waals surface area contributed by atoms with Crippen molar-refractivity contribution in [3.05, 3.63) is 57.3 Å². The number of rotatable bonds is 4. The molecule has 108 valence electrons. The molecular weight excluding hydrogens is 327 g/mol. The monoisotopic (exact) mass is 338 g/mol. The number of hydrazine groups is 1. The quantitative estimate of drug-likeness (QED) is 0.561. The third-order valence-corrected chi connectivity index (χ3v) is 4.65. The summed E-state index contributed by atoms with van der Waals surface area (Å²) in [6.07, 6.45) is 2.18. The third kappa shape index (κ3) is 3.17. The molecule has 0 fully saturated rings. The smallest absolute Gasteiger partial charge is 0.0958 e. The first-order valence-corrected chi connectivity index (χ1v) is 7.86. The SMILES string of the molecule is NNC(Cc1nc2ccccc2s1)c1ncc(Cl)cc1Cl. The van der Waals surface area contributed by atoms with E-state index in [2.05, 4.69) is 21.5 Å². The van der Waals surface area contributed by atoms with E-state index in [0.717, 1.165) is 15.2 Å². The topological polar surface area (TPSA) is 63.8 Å². The van der Waals surface area contributed by atoms with Crippen molar-refractivity contribution in [2.45, 2.75) is 12.5 Å². The van der Waals surface area contributed by atoms with Crippen LogP contribution < -0.4 is 11.3 Å². The van der Waals surface area contributed by atoms with Crippen LogP contribution in [0, 0.1) is 0 Å². The molecule has 7 heteroatoms. The van der Waals surface area contributed by atoms with Gasteiger partial charge in [-0.1, -0.05) is 35.3 Å². The number of aromatic nitrogens is 2. The lowest BCUT2D eigenvalue weighted by atomic mass is 10.1. The number of nitrogens with one attached hydrogen (secondary N) is 1. The molecule has 0 bridgehead atoms. The third-order valence-electron chi connectivity index (χ3n) is 3.08. The summed E-state index contributed by atoms with van der Waals surface area (Å²) in [5.74, 6) is 5.65. The average molecular weight is 339 g/mol. The van der Waals surface area contributed by atoms with Gasteiger partial charge in [0.1, 0.15) is 0 Å². The molecule has 0 spiro atoms. The number of nitrogens with two attached hydrogens (primary N) is 1. The van der Waals surface area contributed by atoms with Crippen LogP contribution in [0.1, 0.15) is 16.7 Å². The number of para-hydroxylation sites is 1. The summed E-state index contributed by atoms with van der Waals surface area (Å²) < 4.78 is 1.15. The normalized spacial score (nSPS) is 12.7. The van der Waals surface area contributed by atoms with Crippen LogP contribution in [0.2, 0.25) is 10.0 Å². The van der Waals surface area contributed by atoms with Crippen molar-refractivity contribution in [3.63, 3.8) is 0 Å². The fourth-order valence-corrected chi connectivity index (χ4v) is 3.62. The first-order chi connectivity index (χ1) is 10.2. The molecule has 21 heavy (non-hydrogen) atoms. The van der Waals surface area contributed by atoms with Crippen molar-refractivity contribution < 1.29 is 0 Å². The lowest BCUT2D eigenvalue weighted by Crippen LogP contribution is -2.30. The summed E-state index contributed by atoms with van der Waals surface area (Å²) in [7, 11) is 0. The van der Waals surface area contributed by atoms with Crippen LogP contribution in [0.5, 0.6) is 0 Å². The summed E-state index contributed by atoms with van der Waals surface area (Å²) >= 11 is 13.7. The molecule has 0 amide bonds. The predicted molar refractivity (Wildman–Crippen MR) is 87.6 cm³/mol. The average Bonchev–Trinajstić information content (AvgIpc) is 2.87. The number of hydrogen-bond acceptors (Lipinski definition) is 5. The van der Waals surface area contributed by atoms with Crippen LogP contribution in [0.4, 0.5) is 0 Å². The molecule has 2 aromatic heterocycles. The van der Waals surface area contributed by atoms with Gasteiger partial charge in [0, 0.05) is 12.6 Å². The molecule has 0 aliphatic heterocycles. The number of hydrogen-bond donors (Lipinski definition) is 2. The first-order valence-electron chi connectivity index (χ1n) is 6.29. The highest BCUT2D eigenvalue weighted by Crippen LogP contribution is 2.29. The molecule has 0 aliphatic carbocycles. The molecule has 3 rings (SSSR count). The molecule has 0 aliphatic rings. The second-order valence-electron chi connectivity index (χ2n) is 4.52. The van der Waals surface area contributed by atoms with Crippen LogP contribution in [-0.2, 0) is 6.42 Å². The van der Waals surface area contributed by atoms with Crippen molar-refractivity contribution >= 4 is 44.8 Å². The van der Waals surface area contributed by atoms with Crippen LogP contribution >= 0.6 is 34.5 Å². The van der Waals surface area contributed by atoms with E-state index in [-0.39, 0.29) is 6.04 Å². The van der Waals surface area contributed by atoms with Gasteiger partial charge in [-0.15, -0.1) is 11.3 Å². The number of nitrogens with zero attached hydrogens (tertiary/aromatic N) is 2. The van der Waals surface area contributed by atoms with Crippen LogP contribution in [0.15, 0.2) is 36.5 Å². The van der Waals surface area contributed by atoms with E-state index in [1.54, 1.807) is 23.6 Å². The summed E-state index contributed by atoms with van der Waals surface area (Å²) in [5, 5.41) is 1.97. The highest BCUT2D eigenvalue weighted by Gasteiger charge is 2.18. The van der Waals surface area contributed by atoms with Gasteiger partial charge in [-0.2, -0.15) is 0 Å². The van der Waals surface area contributed by atoms with E-state index in [4.69, 9.17) is 29.0 Å². The number of benzene rings is 1. The van der Waals surface area contributed by atoms with Gasteiger partial charge in [0.15, 0.2) is 0 Å². The Hall–Kier alpha value is -1.24. The Bertz CT molecular complexity index is 742. The molecule has 1 unspecified atom stereocenters. The van der Waals surface area contributed by atoms with Crippen LogP contribution in [0.3, 0.4) is 0 Å². The van der Waals surface area contributed by atoms with Crippen molar-refractivity contribution in [1.82, 2.24) is 15.4 Å². The van der Waals surface area contributed by atoms with Gasteiger partial charge in [0.05, 0.1) is 37.0 Å². The number of thiazole rings is 1. The minimum Gasteiger partial charge on any atom is -0.271 e. The number of fused-ring (bicyclic) bond motifs is 1. The summed E-state index contributed by atoms with van der Waals surface area (Å²) in [6.45, 7) is 0. The second kappa shape index (κ2) is 6.25. The van der Waals surface area contributed by atoms with E-state index in [9.17, 15) is 0 Å². The summed E-state index contributed by atoms with van der Waals surface area (Å²) in [5.41, 5.74) is 4.41. The molecular formula is C14H12Cl2N4S. The molecule has 0 radical (unpaired) electrons. The van der Waals surface area contributed by atoms with Crippen molar-refractivity contribution in [2.75, 3.05) is 0 Å². The Labute approximate surface area is 135 Å². The molecule has 4 nitrogen and oxygen atoms in total. The lowest BCUT2D eigenvalue weighted by molar-refractivity contribution is 0.538. The van der Waals surface area contributed by atoms with E-state index in [1.165, 1.54) is 0 Å². The Morgan fingerprint density at radius 3 is 2.81 bits per heavy atom. The zero-order chi connectivity index (χ0) is 14.8. The van der Waals surface area contributed by atoms with Gasteiger partial charge in [0.25, 0.3) is 0 Å². The van der Waals surface area contributed by atoms with Crippen LogP contribution in [-0.4, -0.2) is 9.97 Å². The predicted octanol–water partition coefficient (Wildman–Crippen LogP) is 3.75. The van der Waals surface area contributed by atoms with Crippen molar-refractivity contribution in [2.24, 2.45) is 5.84 Å². The van der Waals surface area contributed by atoms with Gasteiger partial charge < -0.3 is 0 Å². The highest BCUT2D eigenvalue weighted by atomic mass is 35.5. The molecule has 3 aromatic rings. The maximum Gasteiger partial charge on any atom is 0.0958 e. The number of pyridine rings is 1. The van der Waals surface area contributed by atoms with Gasteiger partial charge in [0.2, 0.25) is 0 Å². The molecule has 1 atom stereocenters. The molecule has 0 saturated carbocycles. The molecule has 1 aromatic carbocycles. The molecule has 0 saturated heterocycles. The van der Waals surface area contributed by atoms with Crippen molar-refractivity contribution in [3.8, 4) is 0 Å². The van der Waals surface area contributed by atoms with E-state index >= 15 is 0 Å². The lowest BCUT2D eigenvalue weighted by Gasteiger charge is -2.15. The fourth-order valence-electron chi connectivity index (χ4n) is 2.10. The fraction of sp³-hybridized carbons (Fsp3) is 0.143. The Morgan fingerprint density at radius 1 is 1.29 bits per heavy atom. The van der Waals surface area contributed by atoms with E-state index in [1.807, 2.05) is 18.2 Å². The van der Waals surface area contributed by atoms with Gasteiger partial charge >= 0.3 is 0 Å². The highest BCUT2D eigenvalue weighted by molar-refractivity contribution is 7.18. The Morgan fingerprint density at radius 2 is 2.10 bits per heavy atom. The van der Waals surface area contributed by atoms with Crippen LogP contribution in [0.25, 0.3) is 10.2 Å². The molecule has 3 N–H and O–H groups in total. The first kappa shape index (κ1) is 14.7. The Kier molecular flexibility index (Phi) is 4.37. The second-order valence-corrected chi connectivity index (χ2v) is 6.48. The zero-order valence-electron chi connectivity index (χ0n) is 10.9. The minimum absolute atomic E-state index is 0.213. The van der Waals surface area contributed by atoms with E-state index < -0.39 is 0 Å². The molecule has 2 heterocycles. The van der Waals surface area contributed by atoms with Gasteiger partial charge in [-0.3, -0.25) is 16.3 Å².